The van der Waals surface area contributed by atoms with E-state index in [1.807, 2.05) is 37.3 Å². The van der Waals surface area contributed by atoms with Crippen LogP contribution in [0.1, 0.15) is 36.7 Å². The van der Waals surface area contributed by atoms with E-state index < -0.39 is 5.97 Å². The van der Waals surface area contributed by atoms with Crippen LogP contribution in [0.3, 0.4) is 0 Å². The molecule has 1 amide bonds. The zero-order valence-electron chi connectivity index (χ0n) is 18.1. The van der Waals surface area contributed by atoms with Crippen molar-refractivity contribution in [1.82, 2.24) is 4.90 Å². The number of nitrogens with zero attached hydrogens (tertiary/aromatic N) is 2. The highest BCUT2D eigenvalue weighted by atomic mass is 32.2. The first-order valence-corrected chi connectivity index (χ1v) is 10.9. The van der Waals surface area contributed by atoms with Crippen LogP contribution in [0.15, 0.2) is 58.4 Å². The van der Waals surface area contributed by atoms with E-state index in [-0.39, 0.29) is 5.91 Å². The van der Waals surface area contributed by atoms with Crippen LogP contribution >= 0.6 is 11.8 Å². The molecule has 0 radical (unpaired) electrons. The summed E-state index contributed by atoms with van der Waals surface area (Å²) >= 11 is 1.32. The Morgan fingerprint density at radius 3 is 2.58 bits per heavy atom. The van der Waals surface area contributed by atoms with Gasteiger partial charge in [-0.1, -0.05) is 32.0 Å². The molecule has 1 aliphatic heterocycles. The molecule has 0 aliphatic carbocycles. The molecule has 0 saturated carbocycles. The third-order valence-corrected chi connectivity index (χ3v) is 5.46. The van der Waals surface area contributed by atoms with Gasteiger partial charge in [0.15, 0.2) is 5.17 Å². The number of thioether (sulfide) groups is 1. The second kappa shape index (κ2) is 10.3. The summed E-state index contributed by atoms with van der Waals surface area (Å²) in [5.41, 5.74) is 1.92. The van der Waals surface area contributed by atoms with E-state index in [2.05, 4.69) is 18.8 Å². The molecule has 0 spiro atoms. The molecule has 7 heteroatoms. The number of amidine groups is 1. The molecular formula is C24H26N2O4S. The van der Waals surface area contributed by atoms with Crippen molar-refractivity contribution < 1.29 is 19.1 Å². The summed E-state index contributed by atoms with van der Waals surface area (Å²) in [6.07, 6.45) is 1.86. The number of carbonyl (C=O) groups excluding carboxylic acids is 2. The van der Waals surface area contributed by atoms with E-state index in [0.29, 0.717) is 40.4 Å². The van der Waals surface area contributed by atoms with Gasteiger partial charge in [-0.05, 0) is 66.6 Å². The van der Waals surface area contributed by atoms with Gasteiger partial charge >= 0.3 is 5.97 Å². The largest absolute Gasteiger partial charge is 0.493 e. The van der Waals surface area contributed by atoms with E-state index in [0.717, 1.165) is 11.3 Å². The maximum absolute atomic E-state index is 12.9. The summed E-state index contributed by atoms with van der Waals surface area (Å²) in [4.78, 5) is 31.5. The average Bonchev–Trinajstić information content (AvgIpc) is 3.06. The zero-order chi connectivity index (χ0) is 22.4. The molecule has 0 atom stereocenters. The SMILES string of the molecule is CCN1C(=O)C(=Cc2ccc(OCC(C)C)cc2)SC1=Nc1cccc(C(=O)OC)c1. The fraction of sp³-hybridized carbons (Fsp3) is 0.292. The molecule has 0 unspecified atom stereocenters. The number of rotatable bonds is 7. The van der Waals surface area contributed by atoms with Crippen LogP contribution < -0.4 is 4.74 Å². The summed E-state index contributed by atoms with van der Waals surface area (Å²) in [5.74, 6) is 0.756. The minimum absolute atomic E-state index is 0.0875. The van der Waals surface area contributed by atoms with Gasteiger partial charge in [0.25, 0.3) is 5.91 Å². The quantitative estimate of drug-likeness (QED) is 0.443. The number of benzene rings is 2. The second-order valence-electron chi connectivity index (χ2n) is 7.37. The molecule has 31 heavy (non-hydrogen) atoms. The van der Waals surface area contributed by atoms with Crippen LogP contribution in [0.2, 0.25) is 0 Å². The van der Waals surface area contributed by atoms with Gasteiger partial charge < -0.3 is 9.47 Å². The van der Waals surface area contributed by atoms with Gasteiger partial charge in [0.05, 0.1) is 29.9 Å². The summed E-state index contributed by atoms with van der Waals surface area (Å²) in [6, 6.07) is 14.5. The Kier molecular flexibility index (Phi) is 7.52. The lowest BCUT2D eigenvalue weighted by molar-refractivity contribution is -0.122. The fourth-order valence-corrected chi connectivity index (χ4v) is 3.94. The summed E-state index contributed by atoms with van der Waals surface area (Å²) in [6.45, 7) is 7.28. The van der Waals surface area contributed by atoms with Crippen molar-refractivity contribution in [2.24, 2.45) is 10.9 Å². The molecule has 0 N–H and O–H groups in total. The Balaban J connectivity index is 1.81. The van der Waals surface area contributed by atoms with Crippen LogP contribution in [0.25, 0.3) is 6.08 Å². The maximum Gasteiger partial charge on any atom is 0.337 e. The normalized spacial score (nSPS) is 16.4. The van der Waals surface area contributed by atoms with Gasteiger partial charge in [0.2, 0.25) is 0 Å². The predicted molar refractivity (Wildman–Crippen MR) is 125 cm³/mol. The first kappa shape index (κ1) is 22.6. The van der Waals surface area contributed by atoms with Crippen LogP contribution in [-0.2, 0) is 9.53 Å². The van der Waals surface area contributed by atoms with Crippen molar-refractivity contribution in [3.8, 4) is 5.75 Å². The predicted octanol–water partition coefficient (Wildman–Crippen LogP) is 5.13. The number of carbonyl (C=O) groups is 2. The Hall–Kier alpha value is -3.06. The molecule has 1 heterocycles. The first-order valence-electron chi connectivity index (χ1n) is 10.1. The Labute approximate surface area is 187 Å². The fourth-order valence-electron chi connectivity index (χ4n) is 2.88. The van der Waals surface area contributed by atoms with Crippen LogP contribution in [-0.4, -0.2) is 42.2 Å². The minimum Gasteiger partial charge on any atom is -0.493 e. The number of likely N-dealkylation sites (N-methyl/N-ethyl adjacent to an activating group) is 1. The standard InChI is InChI=1S/C24H26N2O4S/c1-5-26-22(27)21(13-17-9-11-20(12-10-17)30-15-16(2)3)31-24(26)25-19-8-6-7-18(14-19)23(28)29-4/h6-14,16H,5,15H2,1-4H3. The molecule has 6 nitrogen and oxygen atoms in total. The Bertz CT molecular complexity index is 1010. The zero-order valence-corrected chi connectivity index (χ0v) is 18.9. The lowest BCUT2D eigenvalue weighted by atomic mass is 10.2. The van der Waals surface area contributed by atoms with Gasteiger partial charge in [-0.2, -0.15) is 0 Å². The molecule has 0 bridgehead atoms. The molecule has 1 saturated heterocycles. The van der Waals surface area contributed by atoms with Crippen LogP contribution in [0.5, 0.6) is 5.75 Å². The summed E-state index contributed by atoms with van der Waals surface area (Å²) < 4.78 is 10.5. The highest BCUT2D eigenvalue weighted by Crippen LogP contribution is 2.34. The Morgan fingerprint density at radius 1 is 1.19 bits per heavy atom. The summed E-state index contributed by atoms with van der Waals surface area (Å²) in [5, 5.41) is 0.581. The van der Waals surface area contributed by atoms with Crippen molar-refractivity contribution in [1.29, 1.82) is 0 Å². The number of aliphatic imine (C=N–C) groups is 1. The van der Waals surface area contributed by atoms with Gasteiger partial charge in [-0.3, -0.25) is 9.69 Å². The van der Waals surface area contributed by atoms with Crippen LogP contribution in [0.4, 0.5) is 5.69 Å². The molecule has 162 valence electrons. The number of ether oxygens (including phenoxy) is 2. The number of hydrogen-bond donors (Lipinski definition) is 0. The Morgan fingerprint density at radius 2 is 1.94 bits per heavy atom. The number of hydrogen-bond acceptors (Lipinski definition) is 6. The molecule has 2 aromatic carbocycles. The van der Waals surface area contributed by atoms with E-state index >= 15 is 0 Å². The molecule has 1 fully saturated rings. The monoisotopic (exact) mass is 438 g/mol. The second-order valence-corrected chi connectivity index (χ2v) is 8.38. The third-order valence-electron chi connectivity index (χ3n) is 4.46. The van der Waals surface area contributed by atoms with E-state index in [4.69, 9.17) is 9.47 Å². The van der Waals surface area contributed by atoms with Gasteiger partial charge in [-0.15, -0.1) is 0 Å². The number of methoxy groups -OCH3 is 1. The highest BCUT2D eigenvalue weighted by molar-refractivity contribution is 8.18. The van der Waals surface area contributed by atoms with Crippen molar-refractivity contribution >= 4 is 40.6 Å². The lowest BCUT2D eigenvalue weighted by Gasteiger charge is -2.12. The topological polar surface area (TPSA) is 68.2 Å². The van der Waals surface area contributed by atoms with Gasteiger partial charge in [-0.25, -0.2) is 9.79 Å². The lowest BCUT2D eigenvalue weighted by Crippen LogP contribution is -2.28. The number of esters is 1. The van der Waals surface area contributed by atoms with Gasteiger partial charge in [0.1, 0.15) is 5.75 Å². The van der Waals surface area contributed by atoms with Gasteiger partial charge in [0, 0.05) is 6.54 Å². The smallest absolute Gasteiger partial charge is 0.337 e. The number of amides is 1. The molecular weight excluding hydrogens is 412 g/mol. The minimum atomic E-state index is -0.425. The molecule has 3 rings (SSSR count). The highest BCUT2D eigenvalue weighted by Gasteiger charge is 2.32. The molecule has 2 aromatic rings. The van der Waals surface area contributed by atoms with E-state index in [9.17, 15) is 9.59 Å². The molecule has 0 aromatic heterocycles. The van der Waals surface area contributed by atoms with Crippen LogP contribution in [0, 0.1) is 5.92 Å². The average molecular weight is 439 g/mol. The van der Waals surface area contributed by atoms with Crippen molar-refractivity contribution in [2.45, 2.75) is 20.8 Å². The maximum atomic E-state index is 12.9. The summed E-state index contributed by atoms with van der Waals surface area (Å²) in [7, 11) is 1.34. The van der Waals surface area contributed by atoms with Crippen molar-refractivity contribution in [2.75, 3.05) is 20.3 Å². The van der Waals surface area contributed by atoms with E-state index in [1.165, 1.54) is 18.9 Å². The molecule has 1 aliphatic rings. The van der Waals surface area contributed by atoms with Crippen molar-refractivity contribution in [3.05, 3.63) is 64.6 Å². The van der Waals surface area contributed by atoms with Crippen molar-refractivity contribution in [3.63, 3.8) is 0 Å². The van der Waals surface area contributed by atoms with E-state index in [1.54, 1.807) is 29.2 Å². The first-order chi connectivity index (χ1) is 14.9. The third kappa shape index (κ3) is 5.76.